The second kappa shape index (κ2) is 9.06. The molecule has 0 radical (unpaired) electrons. The van der Waals surface area contributed by atoms with Gasteiger partial charge in [-0.2, -0.15) is 26.3 Å². The standard InChI is InChI=1S/C8H18N.C4H4F6NO4S2/c1-3-6-9(2)7-4-5-8-9;5-3(6,7)1-16(12,13)11-17(14,15)2-4(8,9)10/h3-8H2,1-2H3;1-2H2/q+1;-1. The van der Waals surface area contributed by atoms with E-state index in [1.165, 1.54) is 43.4 Å². The molecule has 0 amide bonds. The largest absolute Gasteiger partial charge is 0.436 e. The number of hydrogen-bond donors (Lipinski definition) is 0. The van der Waals surface area contributed by atoms with Crippen LogP contribution in [-0.2, 0) is 20.0 Å². The molecule has 0 N–H and O–H groups in total. The van der Waals surface area contributed by atoms with Crippen LogP contribution >= 0.6 is 0 Å². The van der Waals surface area contributed by atoms with Gasteiger partial charge in [-0.15, -0.1) is 0 Å². The Kier molecular flexibility index (Phi) is 8.85. The Morgan fingerprint density at radius 2 is 1.19 bits per heavy atom. The minimum absolute atomic E-state index is 1.34. The molecule has 0 aromatic heterocycles. The lowest BCUT2D eigenvalue weighted by atomic mass is 10.4. The second-order valence-corrected chi connectivity index (χ2v) is 9.76. The molecule has 0 unspecified atom stereocenters. The summed E-state index contributed by atoms with van der Waals surface area (Å²) in [6.07, 6.45) is -6.34. The molecule has 26 heavy (non-hydrogen) atoms. The molecule has 14 heteroatoms. The first-order chi connectivity index (χ1) is 11.4. The van der Waals surface area contributed by atoms with Crippen LogP contribution in [0.5, 0.6) is 0 Å². The van der Waals surface area contributed by atoms with E-state index in [2.05, 4.69) is 14.0 Å². The minimum atomic E-state index is -5.56. The first-order valence-electron chi connectivity index (χ1n) is 7.55. The van der Waals surface area contributed by atoms with Crippen molar-refractivity contribution in [1.82, 2.24) is 0 Å². The van der Waals surface area contributed by atoms with Gasteiger partial charge in [-0.3, -0.25) is 0 Å². The number of alkyl halides is 6. The highest BCUT2D eigenvalue weighted by molar-refractivity contribution is 8.12. The van der Waals surface area contributed by atoms with Gasteiger partial charge in [0.05, 0.1) is 46.7 Å². The Balaban J connectivity index is 0.000000577. The summed E-state index contributed by atoms with van der Waals surface area (Å²) in [5.74, 6) is -5.28. The van der Waals surface area contributed by atoms with Crippen LogP contribution in [0.25, 0.3) is 4.13 Å². The maximum atomic E-state index is 11.6. The summed E-state index contributed by atoms with van der Waals surface area (Å²) in [6, 6.07) is 0. The number of rotatable bonds is 6. The third kappa shape index (κ3) is 12.7. The molecular weight excluding hydrogens is 414 g/mol. The van der Waals surface area contributed by atoms with Crippen LogP contribution in [0.3, 0.4) is 0 Å². The number of nitrogens with zero attached hydrogens (tertiary/aromatic N) is 2. The Morgan fingerprint density at radius 3 is 1.46 bits per heavy atom. The van der Waals surface area contributed by atoms with Gasteiger partial charge < -0.3 is 8.61 Å². The Morgan fingerprint density at radius 1 is 0.846 bits per heavy atom. The molecule has 1 aliphatic rings. The van der Waals surface area contributed by atoms with Crippen molar-refractivity contribution in [2.24, 2.45) is 0 Å². The maximum Gasteiger partial charge on any atom is 0.401 e. The van der Waals surface area contributed by atoms with Gasteiger partial charge >= 0.3 is 12.4 Å². The fourth-order valence-electron chi connectivity index (χ4n) is 2.50. The van der Waals surface area contributed by atoms with Crippen molar-refractivity contribution in [1.29, 1.82) is 0 Å². The van der Waals surface area contributed by atoms with E-state index in [1.807, 2.05) is 0 Å². The summed E-state index contributed by atoms with van der Waals surface area (Å²) in [6.45, 7) is 6.52. The molecule has 0 spiro atoms. The molecule has 0 aromatic carbocycles. The molecule has 0 bridgehead atoms. The molecule has 0 aromatic rings. The normalized spacial score (nSPS) is 18.3. The summed E-state index contributed by atoms with van der Waals surface area (Å²) in [7, 11) is -8.73. The Labute approximate surface area is 149 Å². The van der Waals surface area contributed by atoms with Crippen LogP contribution in [0, 0.1) is 0 Å². The van der Waals surface area contributed by atoms with Crippen LogP contribution in [0.4, 0.5) is 26.3 Å². The molecular formula is C12H22F6N2O4S2. The van der Waals surface area contributed by atoms with Gasteiger partial charge in [0.15, 0.2) is 0 Å². The van der Waals surface area contributed by atoms with Gasteiger partial charge in [-0.25, -0.2) is 16.8 Å². The average molecular weight is 436 g/mol. The van der Waals surface area contributed by atoms with Crippen LogP contribution < -0.4 is 0 Å². The number of quaternary nitrogens is 1. The van der Waals surface area contributed by atoms with Gasteiger partial charge in [0.2, 0.25) is 0 Å². The smallest absolute Gasteiger partial charge is 0.401 e. The highest BCUT2D eigenvalue weighted by atomic mass is 32.3. The number of likely N-dealkylation sites (tertiary alicyclic amines) is 1. The molecule has 0 atom stereocenters. The van der Waals surface area contributed by atoms with E-state index in [-0.39, 0.29) is 0 Å². The first-order valence-corrected chi connectivity index (χ1v) is 10.8. The summed E-state index contributed by atoms with van der Waals surface area (Å²) < 4.78 is 115. The van der Waals surface area contributed by atoms with Crippen molar-refractivity contribution >= 4 is 20.0 Å². The molecule has 1 rings (SSSR count). The molecule has 1 heterocycles. The summed E-state index contributed by atoms with van der Waals surface area (Å²) in [4.78, 5) is 0. The molecule has 158 valence electrons. The molecule has 0 aliphatic carbocycles. The average Bonchev–Trinajstić information content (AvgIpc) is 2.68. The zero-order chi connectivity index (χ0) is 20.9. The Hall–Kier alpha value is -0.600. The monoisotopic (exact) mass is 436 g/mol. The van der Waals surface area contributed by atoms with Gasteiger partial charge in [0.1, 0.15) is 11.5 Å². The zero-order valence-corrected chi connectivity index (χ0v) is 15.9. The highest BCUT2D eigenvalue weighted by Crippen LogP contribution is 2.26. The van der Waals surface area contributed by atoms with Crippen LogP contribution in [0.1, 0.15) is 26.2 Å². The van der Waals surface area contributed by atoms with Gasteiger partial charge in [0.25, 0.3) is 0 Å². The van der Waals surface area contributed by atoms with Crippen molar-refractivity contribution in [3.8, 4) is 0 Å². The molecule has 0 saturated carbocycles. The molecule has 1 fully saturated rings. The summed E-state index contributed by atoms with van der Waals surface area (Å²) in [5, 5.41) is 0. The molecule has 1 saturated heterocycles. The Bertz CT molecular complexity index is 594. The van der Waals surface area contributed by atoms with Crippen molar-refractivity contribution in [2.75, 3.05) is 38.2 Å². The van der Waals surface area contributed by atoms with E-state index >= 15 is 0 Å². The lowest BCUT2D eigenvalue weighted by Gasteiger charge is -2.28. The van der Waals surface area contributed by atoms with Gasteiger partial charge in [0, 0.05) is 12.8 Å². The zero-order valence-electron chi connectivity index (χ0n) is 14.3. The number of sulfonamides is 2. The predicted molar refractivity (Wildman–Crippen MR) is 83.4 cm³/mol. The third-order valence-corrected chi connectivity index (χ3v) is 6.53. The summed E-state index contributed by atoms with van der Waals surface area (Å²) >= 11 is 0. The van der Waals surface area contributed by atoms with E-state index in [4.69, 9.17) is 0 Å². The maximum absolute atomic E-state index is 11.6. The van der Waals surface area contributed by atoms with E-state index in [1.54, 1.807) is 4.13 Å². The SMILES string of the molecule is CCC[N+]1(C)CCCC1.O=S(=O)(CC(F)(F)F)[N-]S(=O)(=O)CC(F)(F)F. The van der Waals surface area contributed by atoms with Crippen molar-refractivity contribution < 1.29 is 47.7 Å². The van der Waals surface area contributed by atoms with Crippen molar-refractivity contribution in [3.63, 3.8) is 0 Å². The minimum Gasteiger partial charge on any atom is -0.436 e. The quantitative estimate of drug-likeness (QED) is 0.474. The van der Waals surface area contributed by atoms with Gasteiger partial charge in [-0.05, 0) is 6.42 Å². The lowest BCUT2D eigenvalue weighted by Crippen LogP contribution is -2.41. The fraction of sp³-hybridized carbons (Fsp3) is 1.00. The summed E-state index contributed by atoms with van der Waals surface area (Å²) in [5.41, 5.74) is 0. The van der Waals surface area contributed by atoms with Crippen LogP contribution in [0.15, 0.2) is 0 Å². The van der Waals surface area contributed by atoms with Crippen LogP contribution in [0.2, 0.25) is 0 Å². The van der Waals surface area contributed by atoms with E-state index in [9.17, 15) is 43.2 Å². The highest BCUT2D eigenvalue weighted by Gasteiger charge is 2.35. The topological polar surface area (TPSA) is 82.4 Å². The predicted octanol–water partition coefficient (Wildman–Crippen LogP) is 2.78. The molecule has 6 nitrogen and oxygen atoms in total. The lowest BCUT2D eigenvalue weighted by molar-refractivity contribution is -0.897. The van der Waals surface area contributed by atoms with Crippen LogP contribution in [-0.4, -0.2) is 71.9 Å². The fourth-order valence-corrected chi connectivity index (χ4v) is 5.13. The third-order valence-electron chi connectivity index (χ3n) is 3.33. The van der Waals surface area contributed by atoms with E-state index in [0.717, 1.165) is 0 Å². The first kappa shape index (κ1) is 25.4. The molecule has 1 aliphatic heterocycles. The number of hydrogen-bond acceptors (Lipinski definition) is 4. The van der Waals surface area contributed by atoms with Gasteiger partial charge in [-0.1, -0.05) is 6.92 Å². The second-order valence-electron chi connectivity index (χ2n) is 6.25. The van der Waals surface area contributed by atoms with Crippen molar-refractivity contribution in [3.05, 3.63) is 4.13 Å². The van der Waals surface area contributed by atoms with E-state index in [0.29, 0.717) is 0 Å². The van der Waals surface area contributed by atoms with E-state index < -0.39 is 43.9 Å². The van der Waals surface area contributed by atoms with Crippen molar-refractivity contribution in [2.45, 2.75) is 38.5 Å². The number of halogens is 6.